The zero-order chi connectivity index (χ0) is 19.0. The lowest BCUT2D eigenvalue weighted by Crippen LogP contribution is -2.48. The van der Waals surface area contributed by atoms with Gasteiger partial charge in [0.05, 0.1) is 17.8 Å². The number of nitrogens with zero attached hydrogens (tertiary/aromatic N) is 3. The summed E-state index contributed by atoms with van der Waals surface area (Å²) >= 11 is 1.45. The first-order valence-electron chi connectivity index (χ1n) is 8.77. The van der Waals surface area contributed by atoms with Gasteiger partial charge in [-0.3, -0.25) is 14.2 Å². The van der Waals surface area contributed by atoms with Crippen LogP contribution in [0.25, 0.3) is 20.7 Å². The molecule has 1 aromatic carbocycles. The minimum atomic E-state index is -0.874. The monoisotopic (exact) mass is 378 g/mol. The second kappa shape index (κ2) is 6.63. The number of carbonyl (C=O) groups is 1. The fourth-order valence-electron chi connectivity index (χ4n) is 3.18. The van der Waals surface area contributed by atoms with Crippen LogP contribution in [0.5, 0.6) is 0 Å². The Bertz CT molecular complexity index is 1110. The number of carbonyl (C=O) groups excluding carboxylic acids is 1. The molecule has 1 amide bonds. The molecule has 0 radical (unpaired) electrons. The Labute approximate surface area is 160 Å². The van der Waals surface area contributed by atoms with Gasteiger partial charge in [-0.25, -0.2) is 4.98 Å². The molecule has 1 N–H and O–H groups in total. The molecule has 1 aliphatic rings. The van der Waals surface area contributed by atoms with Gasteiger partial charge in [-0.1, -0.05) is 30.3 Å². The summed E-state index contributed by atoms with van der Waals surface area (Å²) in [6, 6.07) is 13.8. The smallest absolute Gasteiger partial charge is 0.262 e. The predicted molar refractivity (Wildman–Crippen MR) is 104 cm³/mol. The van der Waals surface area contributed by atoms with Crippen molar-refractivity contribution in [2.75, 3.05) is 0 Å². The van der Waals surface area contributed by atoms with Crippen LogP contribution < -0.4 is 10.9 Å². The zero-order valence-electron chi connectivity index (χ0n) is 14.8. The average Bonchev–Trinajstić information content (AvgIpc) is 3.44. The van der Waals surface area contributed by atoms with Gasteiger partial charge in [-0.2, -0.15) is 5.26 Å². The molecular weight excluding hydrogens is 360 g/mol. The Balaban J connectivity index is 1.59. The van der Waals surface area contributed by atoms with Gasteiger partial charge in [-0.15, -0.1) is 11.3 Å². The lowest BCUT2D eigenvalue weighted by Gasteiger charge is -2.22. The van der Waals surface area contributed by atoms with Crippen LogP contribution >= 0.6 is 11.3 Å². The second-order valence-electron chi connectivity index (χ2n) is 7.01. The van der Waals surface area contributed by atoms with E-state index >= 15 is 0 Å². The maximum Gasteiger partial charge on any atom is 0.262 e. The number of benzene rings is 1. The van der Waals surface area contributed by atoms with E-state index in [1.54, 1.807) is 6.92 Å². The third-order valence-electron chi connectivity index (χ3n) is 4.92. The minimum Gasteiger partial charge on any atom is -0.336 e. The van der Waals surface area contributed by atoms with Crippen molar-refractivity contribution in [3.8, 4) is 16.5 Å². The average molecular weight is 378 g/mol. The molecule has 1 saturated carbocycles. The summed E-state index contributed by atoms with van der Waals surface area (Å²) in [5.41, 5.74) is -0.0989. The molecule has 2 aromatic heterocycles. The molecular formula is C20H18N4O2S. The van der Waals surface area contributed by atoms with E-state index in [1.165, 1.54) is 22.2 Å². The van der Waals surface area contributed by atoms with Crippen LogP contribution in [-0.4, -0.2) is 21.0 Å². The summed E-state index contributed by atoms with van der Waals surface area (Å²) in [5.74, 6) is -0.165. The number of thiophene rings is 1. The lowest BCUT2D eigenvalue weighted by atomic mass is 9.98. The van der Waals surface area contributed by atoms with E-state index in [-0.39, 0.29) is 23.9 Å². The molecule has 0 bridgehead atoms. The van der Waals surface area contributed by atoms with Crippen LogP contribution in [-0.2, 0) is 11.3 Å². The number of rotatable bonds is 5. The van der Waals surface area contributed by atoms with E-state index in [9.17, 15) is 14.9 Å². The minimum absolute atomic E-state index is 0.151. The molecule has 136 valence electrons. The van der Waals surface area contributed by atoms with Crippen molar-refractivity contribution in [1.82, 2.24) is 14.9 Å². The third-order valence-corrected chi connectivity index (χ3v) is 6.01. The lowest BCUT2D eigenvalue weighted by molar-refractivity contribution is -0.123. The summed E-state index contributed by atoms with van der Waals surface area (Å²) in [6.45, 7) is 1.58. The van der Waals surface area contributed by atoms with Crippen LogP contribution in [0.1, 0.15) is 19.8 Å². The van der Waals surface area contributed by atoms with Crippen LogP contribution in [0.2, 0.25) is 0 Å². The number of amides is 1. The highest BCUT2D eigenvalue weighted by Crippen LogP contribution is 2.39. The first kappa shape index (κ1) is 17.4. The van der Waals surface area contributed by atoms with E-state index in [1.807, 2.05) is 36.4 Å². The van der Waals surface area contributed by atoms with Crippen LogP contribution in [0.4, 0.5) is 0 Å². The van der Waals surface area contributed by atoms with Gasteiger partial charge in [0.15, 0.2) is 0 Å². The van der Waals surface area contributed by atoms with Gasteiger partial charge < -0.3 is 5.32 Å². The second-order valence-corrected chi connectivity index (χ2v) is 8.04. The van der Waals surface area contributed by atoms with Crippen molar-refractivity contribution in [2.24, 2.45) is 5.92 Å². The highest BCUT2D eigenvalue weighted by molar-refractivity contribution is 7.21. The molecule has 3 aromatic rings. The SMILES string of the molecule is C[C@@](C#N)(NC(=O)Cn1cnc2sc(-c3ccccc3)cc2c1=O)C1CC1. The van der Waals surface area contributed by atoms with Gasteiger partial charge >= 0.3 is 0 Å². The zero-order valence-corrected chi connectivity index (χ0v) is 15.6. The van der Waals surface area contributed by atoms with E-state index in [4.69, 9.17) is 0 Å². The molecule has 0 spiro atoms. The Morgan fingerprint density at radius 2 is 2.15 bits per heavy atom. The van der Waals surface area contributed by atoms with Gasteiger partial charge in [0.2, 0.25) is 5.91 Å². The van der Waals surface area contributed by atoms with E-state index < -0.39 is 5.54 Å². The van der Waals surface area contributed by atoms with Gasteiger partial charge in [-0.05, 0) is 37.3 Å². The first-order chi connectivity index (χ1) is 13.0. The highest BCUT2D eigenvalue weighted by Gasteiger charge is 2.43. The largest absolute Gasteiger partial charge is 0.336 e. The van der Waals surface area contributed by atoms with Gasteiger partial charge in [0, 0.05) is 4.88 Å². The van der Waals surface area contributed by atoms with Crippen molar-refractivity contribution >= 4 is 27.5 Å². The molecule has 0 saturated heterocycles. The summed E-state index contributed by atoms with van der Waals surface area (Å²) in [7, 11) is 0. The molecule has 4 rings (SSSR count). The summed E-state index contributed by atoms with van der Waals surface area (Å²) in [4.78, 5) is 31.1. The molecule has 1 fully saturated rings. The van der Waals surface area contributed by atoms with E-state index in [0.717, 1.165) is 23.3 Å². The van der Waals surface area contributed by atoms with Crippen molar-refractivity contribution < 1.29 is 4.79 Å². The Hall–Kier alpha value is -2.98. The van der Waals surface area contributed by atoms with Crippen molar-refractivity contribution in [1.29, 1.82) is 5.26 Å². The topological polar surface area (TPSA) is 87.8 Å². The first-order valence-corrected chi connectivity index (χ1v) is 9.58. The number of hydrogen-bond acceptors (Lipinski definition) is 5. The number of nitriles is 1. The molecule has 1 atom stereocenters. The molecule has 2 heterocycles. The van der Waals surface area contributed by atoms with Crippen molar-refractivity contribution in [2.45, 2.75) is 31.8 Å². The quantitative estimate of drug-likeness (QED) is 0.739. The summed E-state index contributed by atoms with van der Waals surface area (Å²) in [6.07, 6.45) is 3.28. The maximum atomic E-state index is 12.8. The predicted octanol–water partition coefficient (Wildman–Crippen LogP) is 2.93. The Morgan fingerprint density at radius 3 is 2.81 bits per heavy atom. The highest BCUT2D eigenvalue weighted by atomic mass is 32.1. The van der Waals surface area contributed by atoms with Gasteiger partial charge in [0.25, 0.3) is 5.56 Å². The van der Waals surface area contributed by atoms with Crippen LogP contribution in [0, 0.1) is 17.2 Å². The fraction of sp³-hybridized carbons (Fsp3) is 0.300. The fourth-order valence-corrected chi connectivity index (χ4v) is 4.18. The van der Waals surface area contributed by atoms with Gasteiger partial charge in [0.1, 0.15) is 16.9 Å². The summed E-state index contributed by atoms with van der Waals surface area (Å²) in [5, 5.41) is 12.6. The van der Waals surface area contributed by atoms with Crippen molar-refractivity contribution in [3.63, 3.8) is 0 Å². The molecule has 1 aliphatic carbocycles. The van der Waals surface area contributed by atoms with E-state index in [0.29, 0.717) is 10.2 Å². The number of aromatic nitrogens is 2. The Morgan fingerprint density at radius 1 is 1.41 bits per heavy atom. The number of nitrogens with one attached hydrogen (secondary N) is 1. The van der Waals surface area contributed by atoms with Crippen molar-refractivity contribution in [3.05, 3.63) is 53.1 Å². The normalized spacial score (nSPS) is 15.9. The third kappa shape index (κ3) is 3.36. The summed E-state index contributed by atoms with van der Waals surface area (Å²) < 4.78 is 1.30. The Kier molecular flexibility index (Phi) is 4.28. The molecule has 27 heavy (non-hydrogen) atoms. The number of hydrogen-bond donors (Lipinski definition) is 1. The molecule has 0 aliphatic heterocycles. The standard InChI is InChI=1S/C20H18N4O2S/c1-20(11-21,14-7-8-14)23-17(25)10-24-12-22-18-15(19(24)26)9-16(27-18)13-5-3-2-4-6-13/h2-6,9,12,14H,7-8,10H2,1H3,(H,23,25)/t20-/m0/s1. The van der Waals surface area contributed by atoms with Crippen LogP contribution in [0.3, 0.4) is 0 Å². The number of fused-ring (bicyclic) bond motifs is 1. The van der Waals surface area contributed by atoms with Crippen LogP contribution in [0.15, 0.2) is 47.5 Å². The maximum absolute atomic E-state index is 12.8. The molecule has 0 unspecified atom stereocenters. The molecule has 6 nitrogen and oxygen atoms in total. The van der Waals surface area contributed by atoms with E-state index in [2.05, 4.69) is 16.4 Å². The molecule has 7 heteroatoms.